The molecule has 0 amide bonds. The van der Waals surface area contributed by atoms with Crippen molar-refractivity contribution < 1.29 is 62.8 Å². The molecule has 5 aromatic rings. The molecule has 0 saturated carbocycles. The van der Waals surface area contributed by atoms with Crippen molar-refractivity contribution in [2.24, 2.45) is 0 Å². The molecule has 16 heteroatoms. The summed E-state index contributed by atoms with van der Waals surface area (Å²) in [6.45, 7) is 6.86. The van der Waals surface area contributed by atoms with Gasteiger partial charge in [-0.1, -0.05) is 106 Å². The molecule has 358 valence electrons. The van der Waals surface area contributed by atoms with Crippen LogP contribution in [0.2, 0.25) is 0 Å². The number of ether oxygens (including phenoxy) is 5. The van der Waals surface area contributed by atoms with Gasteiger partial charge in [-0.25, -0.2) is 24.0 Å². The Morgan fingerprint density at radius 2 is 1.24 bits per heavy atom. The molecular weight excluding hydrogens is 877 g/mol. The lowest BCUT2D eigenvalue weighted by Crippen LogP contribution is -2.17. The van der Waals surface area contributed by atoms with Crippen molar-refractivity contribution in [2.45, 2.75) is 77.7 Å². The molecule has 0 bridgehead atoms. The molecule has 68 heavy (non-hydrogen) atoms. The molecule has 0 atom stereocenters. The van der Waals surface area contributed by atoms with Crippen molar-refractivity contribution in [1.82, 2.24) is 0 Å². The summed E-state index contributed by atoms with van der Waals surface area (Å²) in [4.78, 5) is 72.1. The molecule has 0 unspecified atom stereocenters. The Morgan fingerprint density at radius 1 is 0.647 bits per heavy atom. The van der Waals surface area contributed by atoms with Gasteiger partial charge in [0.15, 0.2) is 0 Å². The molecule has 0 fully saturated rings. The summed E-state index contributed by atoms with van der Waals surface area (Å²) >= 11 is 0. The average molecular weight is 933 g/mol. The highest BCUT2D eigenvalue weighted by Gasteiger charge is 2.27. The fourth-order valence-electron chi connectivity index (χ4n) is 6.58. The van der Waals surface area contributed by atoms with Gasteiger partial charge in [0, 0.05) is 6.08 Å². The van der Waals surface area contributed by atoms with Gasteiger partial charge in [0.2, 0.25) is 0 Å². The number of anilines is 1. The molecule has 0 saturated heterocycles. The second-order valence-electron chi connectivity index (χ2n) is 15.3. The van der Waals surface area contributed by atoms with Crippen LogP contribution in [0.25, 0.3) is 11.1 Å². The third-order valence-corrected chi connectivity index (χ3v) is 10.2. The Balaban J connectivity index is 0.000000469. The summed E-state index contributed by atoms with van der Waals surface area (Å²) in [7, 11) is 0. The number of nitrogens with zero attached hydrogens (tertiary/aromatic N) is 1. The van der Waals surface area contributed by atoms with E-state index in [9.17, 15) is 44.3 Å². The van der Waals surface area contributed by atoms with Crippen LogP contribution >= 0.6 is 0 Å². The van der Waals surface area contributed by atoms with Gasteiger partial charge < -0.3 is 39.6 Å². The van der Waals surface area contributed by atoms with E-state index in [1.165, 1.54) is 48.9 Å². The topological polar surface area (TPSA) is 241 Å². The van der Waals surface area contributed by atoms with Crippen LogP contribution in [0.1, 0.15) is 118 Å². The van der Waals surface area contributed by atoms with Crippen LogP contribution in [0.5, 0.6) is 17.2 Å². The third-order valence-electron chi connectivity index (χ3n) is 10.2. The summed E-state index contributed by atoms with van der Waals surface area (Å²) in [5.74, 6) is -5.18. The van der Waals surface area contributed by atoms with E-state index in [1.807, 2.05) is 30.3 Å². The van der Waals surface area contributed by atoms with Gasteiger partial charge in [0.25, 0.3) is 5.69 Å². The fraction of sp³-hybridized carbons (Fsp3) is 0.288. The van der Waals surface area contributed by atoms with Crippen LogP contribution in [-0.4, -0.2) is 64.8 Å². The number of carbonyl (C=O) groups is 5. The number of nitrogen functional groups attached to an aromatic ring is 1. The lowest BCUT2D eigenvalue weighted by atomic mass is 10.0. The summed E-state index contributed by atoms with van der Waals surface area (Å²) in [6.07, 6.45) is 11.5. The van der Waals surface area contributed by atoms with Crippen LogP contribution in [0.3, 0.4) is 0 Å². The molecule has 4 N–H and O–H groups in total. The van der Waals surface area contributed by atoms with Crippen molar-refractivity contribution in [3.05, 3.63) is 160 Å². The second-order valence-corrected chi connectivity index (χ2v) is 15.3. The van der Waals surface area contributed by atoms with E-state index in [0.717, 1.165) is 82.3 Å². The number of nitro groups is 1. The first kappa shape index (κ1) is 52.6. The second kappa shape index (κ2) is 28.1. The van der Waals surface area contributed by atoms with E-state index < -0.39 is 51.2 Å². The number of carboxylic acid groups (broad SMARTS) is 2. The Kier molecular flexibility index (Phi) is 21.8. The molecule has 0 radical (unpaired) electrons. The smallest absolute Gasteiger partial charge is 0.343 e. The SMILES string of the molecule is C=CC(=O)OCCCCCCOc1ccccc1.CCCCCCCCOc1cc([N+](=O)[O-])c(-c2ccc(C(=O)Oc3cc(C(=O)O)c(C(=O)OCc4ccccc4)cc3C(=O)O)cc2)cc1N. The average Bonchev–Trinajstić information content (AvgIpc) is 3.34. The van der Waals surface area contributed by atoms with Gasteiger partial charge in [0.1, 0.15) is 29.4 Å². The van der Waals surface area contributed by atoms with Gasteiger partial charge in [-0.05, 0) is 85.7 Å². The normalized spacial score (nSPS) is 10.4. The van der Waals surface area contributed by atoms with Crippen molar-refractivity contribution in [3.63, 3.8) is 0 Å². The van der Waals surface area contributed by atoms with Crippen molar-refractivity contribution in [1.29, 1.82) is 0 Å². The molecule has 0 aromatic heterocycles. The van der Waals surface area contributed by atoms with Crippen molar-refractivity contribution in [2.75, 3.05) is 25.6 Å². The van der Waals surface area contributed by atoms with Gasteiger partial charge in [-0.15, -0.1) is 0 Å². The Bertz CT molecular complexity index is 2470. The van der Waals surface area contributed by atoms with E-state index in [2.05, 4.69) is 13.5 Å². The number of nitrogens with two attached hydrogens (primary N) is 1. The quantitative estimate of drug-likeness (QED) is 0.00888. The van der Waals surface area contributed by atoms with E-state index in [4.69, 9.17) is 29.4 Å². The first-order chi connectivity index (χ1) is 32.8. The number of para-hydroxylation sites is 1. The van der Waals surface area contributed by atoms with Crippen LogP contribution in [0.15, 0.2) is 122 Å². The zero-order valence-corrected chi connectivity index (χ0v) is 37.9. The zero-order valence-electron chi connectivity index (χ0n) is 37.9. The molecule has 0 aliphatic rings. The number of rotatable bonds is 26. The maximum absolute atomic E-state index is 13.1. The number of unbranched alkanes of at least 4 members (excludes halogenated alkanes) is 8. The molecule has 5 rings (SSSR count). The monoisotopic (exact) mass is 932 g/mol. The number of aromatic carboxylic acids is 2. The summed E-state index contributed by atoms with van der Waals surface area (Å²) < 4.78 is 26.7. The highest BCUT2D eigenvalue weighted by atomic mass is 16.6. The number of hydrogen-bond acceptors (Lipinski definition) is 13. The molecule has 16 nitrogen and oxygen atoms in total. The number of esters is 3. The largest absolute Gasteiger partial charge is 0.494 e. The van der Waals surface area contributed by atoms with Crippen LogP contribution in [-0.2, 0) is 20.9 Å². The predicted molar refractivity (Wildman–Crippen MR) is 254 cm³/mol. The number of benzene rings is 5. The van der Waals surface area contributed by atoms with Crippen LogP contribution < -0.4 is 19.9 Å². The molecule has 5 aromatic carbocycles. The first-order valence-corrected chi connectivity index (χ1v) is 22.2. The van der Waals surface area contributed by atoms with E-state index in [1.54, 1.807) is 30.3 Å². The minimum Gasteiger partial charge on any atom is -0.494 e. The molecule has 0 heterocycles. The minimum absolute atomic E-state index is 0.0807. The predicted octanol–water partition coefficient (Wildman–Crippen LogP) is 10.9. The number of nitro benzene ring substituents is 1. The lowest BCUT2D eigenvalue weighted by molar-refractivity contribution is -0.384. The molecule has 0 spiro atoms. The van der Waals surface area contributed by atoms with Gasteiger partial charge in [-0.2, -0.15) is 0 Å². The highest BCUT2D eigenvalue weighted by molar-refractivity contribution is 6.06. The molecule has 0 aliphatic carbocycles. The summed E-state index contributed by atoms with van der Waals surface area (Å²) in [5, 5.41) is 31.5. The fourth-order valence-corrected chi connectivity index (χ4v) is 6.58. The van der Waals surface area contributed by atoms with E-state index >= 15 is 0 Å². The van der Waals surface area contributed by atoms with E-state index in [0.29, 0.717) is 24.3 Å². The highest BCUT2D eigenvalue weighted by Crippen LogP contribution is 2.38. The first-order valence-electron chi connectivity index (χ1n) is 22.2. The summed E-state index contributed by atoms with van der Waals surface area (Å²) in [6, 6.07) is 28.0. The maximum atomic E-state index is 13.1. The Hall–Kier alpha value is -8.01. The maximum Gasteiger partial charge on any atom is 0.343 e. The van der Waals surface area contributed by atoms with Crippen LogP contribution in [0.4, 0.5) is 11.4 Å². The van der Waals surface area contributed by atoms with Gasteiger partial charge >= 0.3 is 29.8 Å². The zero-order chi connectivity index (χ0) is 49.3. The van der Waals surface area contributed by atoms with E-state index in [-0.39, 0.29) is 40.8 Å². The lowest BCUT2D eigenvalue weighted by Gasteiger charge is -2.13. The Morgan fingerprint density at radius 3 is 1.84 bits per heavy atom. The number of carboxylic acids is 2. The van der Waals surface area contributed by atoms with Crippen molar-refractivity contribution >= 4 is 41.2 Å². The van der Waals surface area contributed by atoms with Crippen molar-refractivity contribution in [3.8, 4) is 28.4 Å². The molecule has 0 aliphatic heterocycles. The Labute approximate surface area is 394 Å². The van der Waals surface area contributed by atoms with Gasteiger partial charge in [0.05, 0.1) is 58.8 Å². The molecular formula is C52H56N2O14. The third kappa shape index (κ3) is 17.1. The van der Waals surface area contributed by atoms with Gasteiger partial charge in [-0.3, -0.25) is 10.1 Å². The standard InChI is InChI=1S/C37H36N2O11.C15H20O3/c1-2-3-4-5-6-10-17-48-33-21-31(39(46)47)26(19-30(33)38)24-13-15-25(16-14-24)36(44)50-32-20-27(34(40)41)28(18-29(32)35(42)43)37(45)49-22-23-11-8-7-9-12-23;1-2-15(16)18-13-9-4-3-8-12-17-14-10-6-5-7-11-14/h7-9,11-16,18-21H,2-6,10,17,22,38H2,1H3,(H,40,41)(H,42,43);2,5-7,10-11H,1,3-4,8-9,12-13H2. The number of carbonyl (C=O) groups excluding carboxylic acids is 3. The summed E-state index contributed by atoms with van der Waals surface area (Å²) in [5.41, 5.74) is 5.33. The number of hydrogen-bond donors (Lipinski definition) is 3. The van der Waals surface area contributed by atoms with Crippen LogP contribution in [0, 0.1) is 10.1 Å². The minimum atomic E-state index is -1.60.